The Balaban J connectivity index is 1.18. The Kier molecular flexibility index (Phi) is 8.47. The van der Waals surface area contributed by atoms with Crippen LogP contribution in [0.15, 0.2) is 23.0 Å². The number of H-pyrrole nitrogens is 1. The lowest BCUT2D eigenvalue weighted by atomic mass is 9.95. The minimum Gasteiger partial charge on any atom is -0.444 e. The number of nitrogens with zero attached hydrogens (tertiary/aromatic N) is 4. The van der Waals surface area contributed by atoms with Crippen LogP contribution in [0.25, 0.3) is 12.2 Å². The maximum Gasteiger partial charge on any atom is 0.410 e. The van der Waals surface area contributed by atoms with E-state index in [0.717, 1.165) is 18.1 Å². The number of aromatic nitrogens is 2. The van der Waals surface area contributed by atoms with Gasteiger partial charge in [0.15, 0.2) is 0 Å². The number of hydrogen-bond donors (Lipinski definition) is 1. The highest BCUT2D eigenvalue weighted by atomic mass is 19.1. The smallest absolute Gasteiger partial charge is 0.410 e. The first-order valence-electron chi connectivity index (χ1n) is 14.6. The first kappa shape index (κ1) is 29.5. The average Bonchev–Trinajstić information content (AvgIpc) is 2.98. The second-order valence-electron chi connectivity index (χ2n) is 12.2. The topological polar surface area (TPSA) is 116 Å². The maximum absolute atomic E-state index is 14.8. The van der Waals surface area contributed by atoms with E-state index in [-0.39, 0.29) is 29.0 Å². The number of hydrogen-bond acceptors (Lipinski definition) is 6. The van der Waals surface area contributed by atoms with Crippen LogP contribution in [0.5, 0.6) is 0 Å². The molecule has 5 rings (SSSR count). The van der Waals surface area contributed by atoms with Crippen molar-refractivity contribution < 1.29 is 23.5 Å². The second-order valence-corrected chi connectivity index (χ2v) is 12.2. The van der Waals surface area contributed by atoms with E-state index in [1.165, 1.54) is 6.07 Å². The fraction of sp³-hybridized carbons (Fsp3) is 0.516. The monoisotopic (exact) mass is 579 g/mol. The molecule has 3 heterocycles. The summed E-state index contributed by atoms with van der Waals surface area (Å²) in [6, 6.07) is 4.47. The van der Waals surface area contributed by atoms with Crippen LogP contribution in [0.1, 0.15) is 68.1 Å². The summed E-state index contributed by atoms with van der Waals surface area (Å²) in [7, 11) is 0. The van der Waals surface area contributed by atoms with E-state index in [1.54, 1.807) is 26.8 Å². The Morgan fingerprint density at radius 3 is 2.26 bits per heavy atom. The van der Waals surface area contributed by atoms with E-state index in [2.05, 4.69) is 10.2 Å². The second kappa shape index (κ2) is 12.1. The number of fused-ring (bicyclic) bond motifs is 1. The number of carbonyl (C=O) groups is 3. The molecule has 2 fully saturated rings. The molecule has 0 radical (unpaired) electrons. The molecule has 1 N–H and O–H groups in total. The first-order valence-corrected chi connectivity index (χ1v) is 14.6. The SMILES string of the molecule is CC(C)(C)OC(=O)N1CCC(C(=O)N2CCN(C(=O)c3cc(Cc4n[nH]c(=O)c5c4=CCCC=5)ccc3F)CC2)CC1. The van der Waals surface area contributed by atoms with Crippen LogP contribution < -0.4 is 16.0 Å². The van der Waals surface area contributed by atoms with Crippen molar-refractivity contribution in [3.63, 3.8) is 0 Å². The van der Waals surface area contributed by atoms with Gasteiger partial charge in [-0.2, -0.15) is 5.10 Å². The minimum absolute atomic E-state index is 0.0179. The highest BCUT2D eigenvalue weighted by Crippen LogP contribution is 2.23. The van der Waals surface area contributed by atoms with E-state index in [1.807, 2.05) is 32.9 Å². The van der Waals surface area contributed by atoms with Gasteiger partial charge in [-0.3, -0.25) is 14.4 Å². The van der Waals surface area contributed by atoms with Gasteiger partial charge in [-0.05, 0) is 64.2 Å². The largest absolute Gasteiger partial charge is 0.444 e. The Labute approximate surface area is 243 Å². The summed E-state index contributed by atoms with van der Waals surface area (Å²) >= 11 is 0. The van der Waals surface area contributed by atoms with Gasteiger partial charge >= 0.3 is 6.09 Å². The summed E-state index contributed by atoms with van der Waals surface area (Å²) in [5.41, 5.74) is 0.573. The highest BCUT2D eigenvalue weighted by Gasteiger charge is 2.34. The summed E-state index contributed by atoms with van der Waals surface area (Å²) in [6.45, 7) is 7.77. The zero-order valence-corrected chi connectivity index (χ0v) is 24.5. The van der Waals surface area contributed by atoms with Gasteiger partial charge in [0.1, 0.15) is 11.4 Å². The Morgan fingerprint density at radius 2 is 1.60 bits per heavy atom. The fourth-order valence-electron chi connectivity index (χ4n) is 5.77. The molecule has 42 heavy (non-hydrogen) atoms. The van der Waals surface area contributed by atoms with Gasteiger partial charge in [0.25, 0.3) is 11.5 Å². The van der Waals surface area contributed by atoms with Crippen LogP contribution in [0.4, 0.5) is 9.18 Å². The number of ether oxygens (including phenoxy) is 1. The zero-order valence-electron chi connectivity index (χ0n) is 24.5. The predicted octanol–water partition coefficient (Wildman–Crippen LogP) is 1.79. The normalized spacial score (nSPS) is 17.7. The molecule has 0 spiro atoms. The number of rotatable bonds is 4. The summed E-state index contributed by atoms with van der Waals surface area (Å²) in [6.07, 6.45) is 6.63. The Hall–Kier alpha value is -4.02. The fourth-order valence-corrected chi connectivity index (χ4v) is 5.77. The van der Waals surface area contributed by atoms with E-state index in [9.17, 15) is 23.6 Å². The molecule has 0 bridgehead atoms. The van der Waals surface area contributed by atoms with Crippen molar-refractivity contribution in [2.75, 3.05) is 39.3 Å². The minimum atomic E-state index is -0.602. The van der Waals surface area contributed by atoms with Crippen LogP contribution in [-0.4, -0.2) is 87.7 Å². The van der Waals surface area contributed by atoms with E-state index in [0.29, 0.717) is 75.0 Å². The van der Waals surface area contributed by atoms with Crippen molar-refractivity contribution in [2.24, 2.45) is 5.92 Å². The van der Waals surface area contributed by atoms with Crippen molar-refractivity contribution in [1.29, 1.82) is 0 Å². The number of aromatic amines is 1. The quantitative estimate of drug-likeness (QED) is 0.591. The van der Waals surface area contributed by atoms with Crippen LogP contribution >= 0.6 is 0 Å². The number of carbonyl (C=O) groups excluding carboxylic acids is 3. The summed E-state index contributed by atoms with van der Waals surface area (Å²) in [5.74, 6) is -1.16. The molecule has 11 heteroatoms. The first-order chi connectivity index (χ1) is 20.0. The molecular formula is C31H38FN5O5. The van der Waals surface area contributed by atoms with Crippen LogP contribution in [0.2, 0.25) is 0 Å². The molecule has 1 aromatic carbocycles. The van der Waals surface area contributed by atoms with Gasteiger partial charge in [0.05, 0.1) is 11.3 Å². The number of halogens is 1. The molecule has 2 aliphatic heterocycles. The maximum atomic E-state index is 14.8. The number of likely N-dealkylation sites (tertiary alicyclic amines) is 1. The molecule has 0 atom stereocenters. The number of amides is 3. The lowest BCUT2D eigenvalue weighted by molar-refractivity contribution is -0.138. The molecule has 224 valence electrons. The molecule has 3 aliphatic rings. The average molecular weight is 580 g/mol. The number of benzene rings is 1. The van der Waals surface area contributed by atoms with Crippen molar-refractivity contribution in [3.05, 3.63) is 61.6 Å². The molecule has 3 amide bonds. The van der Waals surface area contributed by atoms with Crippen LogP contribution in [0.3, 0.4) is 0 Å². The molecule has 1 aromatic heterocycles. The predicted molar refractivity (Wildman–Crippen MR) is 154 cm³/mol. The summed E-state index contributed by atoms with van der Waals surface area (Å²) < 4.78 is 20.3. The third kappa shape index (κ3) is 6.55. The number of nitrogens with one attached hydrogen (secondary N) is 1. The molecule has 0 unspecified atom stereocenters. The van der Waals surface area contributed by atoms with Gasteiger partial charge in [0.2, 0.25) is 5.91 Å². The molecule has 10 nitrogen and oxygen atoms in total. The van der Waals surface area contributed by atoms with Gasteiger partial charge in [-0.15, -0.1) is 0 Å². The Morgan fingerprint density at radius 1 is 0.952 bits per heavy atom. The lowest BCUT2D eigenvalue weighted by Crippen LogP contribution is -2.53. The highest BCUT2D eigenvalue weighted by molar-refractivity contribution is 5.95. The van der Waals surface area contributed by atoms with Gasteiger partial charge in [0, 0.05) is 62.0 Å². The standard InChI is InChI=1S/C31H38FN5O5/c1-31(2,3)42-30(41)37-12-10-21(11-13-37)28(39)35-14-16-36(17-15-35)29(40)24-18-20(8-9-25(24)32)19-26-22-6-4-5-7-23(22)27(38)34-33-26/h6-9,18,21H,4-5,10-17,19H2,1-3H3,(H,34,38). The Bertz CT molecular complexity index is 1550. The van der Waals surface area contributed by atoms with Crippen molar-refractivity contribution in [1.82, 2.24) is 24.9 Å². The van der Waals surface area contributed by atoms with Crippen molar-refractivity contribution in [3.8, 4) is 0 Å². The molecule has 0 saturated carbocycles. The lowest BCUT2D eigenvalue weighted by Gasteiger charge is -2.38. The number of piperazine rings is 1. The molecule has 2 aromatic rings. The summed E-state index contributed by atoms with van der Waals surface area (Å²) in [4.78, 5) is 56.0. The van der Waals surface area contributed by atoms with Gasteiger partial charge < -0.3 is 19.4 Å². The van der Waals surface area contributed by atoms with Crippen LogP contribution in [-0.2, 0) is 16.0 Å². The third-order valence-corrected chi connectivity index (χ3v) is 8.01. The molecular weight excluding hydrogens is 541 g/mol. The zero-order chi connectivity index (χ0) is 30.0. The van der Waals surface area contributed by atoms with Crippen molar-refractivity contribution >= 4 is 30.1 Å². The van der Waals surface area contributed by atoms with E-state index in [4.69, 9.17) is 4.74 Å². The van der Waals surface area contributed by atoms with Gasteiger partial charge in [-0.1, -0.05) is 18.2 Å². The number of piperidine rings is 1. The van der Waals surface area contributed by atoms with Crippen LogP contribution in [0, 0.1) is 11.7 Å². The van der Waals surface area contributed by atoms with E-state index >= 15 is 0 Å². The molecule has 2 saturated heterocycles. The summed E-state index contributed by atoms with van der Waals surface area (Å²) in [5, 5.41) is 8.15. The van der Waals surface area contributed by atoms with E-state index < -0.39 is 17.3 Å². The molecule has 1 aliphatic carbocycles. The van der Waals surface area contributed by atoms with Gasteiger partial charge in [-0.25, -0.2) is 14.3 Å². The third-order valence-electron chi connectivity index (χ3n) is 8.01. The van der Waals surface area contributed by atoms with Crippen molar-refractivity contribution in [2.45, 2.75) is 58.5 Å².